The summed E-state index contributed by atoms with van der Waals surface area (Å²) in [7, 11) is 2.76. The Kier molecular flexibility index (Phi) is 5.14. The normalized spacial score (nSPS) is 16.2. The minimum absolute atomic E-state index is 0.0679. The zero-order chi connectivity index (χ0) is 14.5. The minimum Gasteiger partial charge on any atom is -0.493 e. The zero-order valence-electron chi connectivity index (χ0n) is 11.8. The van der Waals surface area contributed by atoms with Crippen LogP contribution in [0.15, 0.2) is 6.07 Å². The lowest BCUT2D eigenvalue weighted by Gasteiger charge is -2.27. The van der Waals surface area contributed by atoms with E-state index in [0.717, 1.165) is 38.8 Å². The van der Waals surface area contributed by atoms with Crippen molar-refractivity contribution in [2.45, 2.75) is 6.42 Å². The second-order valence-electron chi connectivity index (χ2n) is 4.73. The van der Waals surface area contributed by atoms with Gasteiger partial charge in [0.15, 0.2) is 23.1 Å². The predicted molar refractivity (Wildman–Crippen MR) is 72.5 cm³/mol. The Balaban J connectivity index is 2.19. The molecule has 1 aromatic carbocycles. The summed E-state index contributed by atoms with van der Waals surface area (Å²) in [6, 6.07) is 0.798. The Bertz CT molecular complexity index is 435. The molecule has 1 aliphatic heterocycles. The molecule has 1 N–H and O–H groups in total. The van der Waals surface area contributed by atoms with Crippen molar-refractivity contribution in [1.29, 1.82) is 0 Å². The monoisotopic (exact) mass is 286 g/mol. The molecule has 0 aromatic heterocycles. The van der Waals surface area contributed by atoms with Crippen LogP contribution in [0.1, 0.15) is 5.56 Å². The standard InChI is InChI=1S/C14H20F2N2O2/c1-19-13-10(3-6-18-7-4-17-5-8-18)14(20-2)12(16)9-11(13)15/h9,17H,3-8H2,1-2H3. The van der Waals surface area contributed by atoms with E-state index in [1.54, 1.807) is 0 Å². The Morgan fingerprint density at radius 2 is 1.65 bits per heavy atom. The molecule has 0 amide bonds. The van der Waals surface area contributed by atoms with Crippen molar-refractivity contribution in [3.05, 3.63) is 23.3 Å². The van der Waals surface area contributed by atoms with Crippen molar-refractivity contribution >= 4 is 0 Å². The van der Waals surface area contributed by atoms with Gasteiger partial charge in [-0.2, -0.15) is 0 Å². The average molecular weight is 286 g/mol. The van der Waals surface area contributed by atoms with Gasteiger partial charge in [0.1, 0.15) is 0 Å². The van der Waals surface area contributed by atoms with Gasteiger partial charge in [-0.05, 0) is 6.42 Å². The molecule has 0 saturated carbocycles. The van der Waals surface area contributed by atoms with Gasteiger partial charge in [-0.25, -0.2) is 8.78 Å². The van der Waals surface area contributed by atoms with Crippen LogP contribution in [0.2, 0.25) is 0 Å². The first-order valence-electron chi connectivity index (χ1n) is 6.69. The zero-order valence-corrected chi connectivity index (χ0v) is 11.8. The maximum atomic E-state index is 13.7. The molecule has 1 heterocycles. The Morgan fingerprint density at radius 3 is 2.15 bits per heavy atom. The lowest BCUT2D eigenvalue weighted by atomic mass is 10.1. The summed E-state index contributed by atoms with van der Waals surface area (Å²) in [6.45, 7) is 4.46. The van der Waals surface area contributed by atoms with E-state index in [0.29, 0.717) is 12.0 Å². The molecule has 1 saturated heterocycles. The number of benzene rings is 1. The van der Waals surface area contributed by atoms with E-state index in [9.17, 15) is 8.78 Å². The number of nitrogens with one attached hydrogen (secondary N) is 1. The number of ether oxygens (including phenoxy) is 2. The van der Waals surface area contributed by atoms with Gasteiger partial charge in [0.2, 0.25) is 0 Å². The third-order valence-corrected chi connectivity index (χ3v) is 3.53. The highest BCUT2D eigenvalue weighted by atomic mass is 19.1. The molecular formula is C14H20F2N2O2. The van der Waals surface area contributed by atoms with E-state index in [4.69, 9.17) is 9.47 Å². The van der Waals surface area contributed by atoms with Crippen LogP contribution in [0.5, 0.6) is 11.5 Å². The van der Waals surface area contributed by atoms with Crippen molar-refractivity contribution in [2.24, 2.45) is 0 Å². The number of hydrogen-bond acceptors (Lipinski definition) is 4. The second kappa shape index (κ2) is 6.85. The summed E-state index contributed by atoms with van der Waals surface area (Å²) in [5.41, 5.74) is 0.450. The molecule has 112 valence electrons. The van der Waals surface area contributed by atoms with E-state index >= 15 is 0 Å². The first-order chi connectivity index (χ1) is 9.67. The van der Waals surface area contributed by atoms with E-state index in [-0.39, 0.29) is 11.5 Å². The SMILES string of the molecule is COc1c(F)cc(F)c(OC)c1CCN1CCNCC1. The highest BCUT2D eigenvalue weighted by molar-refractivity contribution is 5.47. The Morgan fingerprint density at radius 1 is 1.10 bits per heavy atom. The van der Waals surface area contributed by atoms with Gasteiger partial charge in [0.05, 0.1) is 14.2 Å². The lowest BCUT2D eigenvalue weighted by molar-refractivity contribution is 0.241. The predicted octanol–water partition coefficient (Wildman–Crippen LogP) is 1.43. The van der Waals surface area contributed by atoms with Gasteiger partial charge in [-0.15, -0.1) is 0 Å². The van der Waals surface area contributed by atoms with Gasteiger partial charge in [0, 0.05) is 44.4 Å². The molecule has 0 unspecified atom stereocenters. The smallest absolute Gasteiger partial charge is 0.168 e. The second-order valence-corrected chi connectivity index (χ2v) is 4.73. The number of hydrogen-bond donors (Lipinski definition) is 1. The molecule has 1 aliphatic rings. The first-order valence-corrected chi connectivity index (χ1v) is 6.69. The molecular weight excluding hydrogens is 266 g/mol. The van der Waals surface area contributed by atoms with Gasteiger partial charge in [-0.3, -0.25) is 0 Å². The van der Waals surface area contributed by atoms with E-state index in [2.05, 4.69) is 10.2 Å². The minimum atomic E-state index is -0.693. The number of rotatable bonds is 5. The summed E-state index contributed by atoms with van der Waals surface area (Å²) < 4.78 is 37.6. The van der Waals surface area contributed by atoms with Gasteiger partial charge >= 0.3 is 0 Å². The molecule has 0 spiro atoms. The highest BCUT2D eigenvalue weighted by Crippen LogP contribution is 2.34. The van der Waals surface area contributed by atoms with Crippen molar-refractivity contribution in [1.82, 2.24) is 10.2 Å². The summed E-state index contributed by atoms with van der Waals surface area (Å²) in [6.07, 6.45) is 0.487. The van der Waals surface area contributed by atoms with Gasteiger partial charge in [-0.1, -0.05) is 0 Å². The van der Waals surface area contributed by atoms with E-state index in [1.165, 1.54) is 14.2 Å². The van der Waals surface area contributed by atoms with Crippen LogP contribution in [0.4, 0.5) is 8.78 Å². The van der Waals surface area contributed by atoms with Gasteiger partial charge < -0.3 is 19.7 Å². The summed E-state index contributed by atoms with van der Waals surface area (Å²) in [5.74, 6) is -1.25. The summed E-state index contributed by atoms with van der Waals surface area (Å²) in [4.78, 5) is 2.25. The molecule has 0 radical (unpaired) electrons. The van der Waals surface area contributed by atoms with Crippen LogP contribution in [0.25, 0.3) is 0 Å². The maximum absolute atomic E-state index is 13.7. The molecule has 1 fully saturated rings. The Labute approximate surface area is 117 Å². The quantitative estimate of drug-likeness (QED) is 0.888. The fourth-order valence-electron chi connectivity index (χ4n) is 2.51. The van der Waals surface area contributed by atoms with Crippen LogP contribution in [-0.4, -0.2) is 51.8 Å². The van der Waals surface area contributed by atoms with Crippen molar-refractivity contribution in [3.63, 3.8) is 0 Å². The van der Waals surface area contributed by atoms with Crippen molar-refractivity contribution < 1.29 is 18.3 Å². The topological polar surface area (TPSA) is 33.7 Å². The number of piperazine rings is 1. The van der Waals surface area contributed by atoms with E-state index < -0.39 is 11.6 Å². The fraction of sp³-hybridized carbons (Fsp3) is 0.571. The molecule has 0 aliphatic carbocycles. The molecule has 4 nitrogen and oxygen atoms in total. The lowest BCUT2D eigenvalue weighted by Crippen LogP contribution is -2.44. The summed E-state index contributed by atoms with van der Waals surface area (Å²) in [5, 5.41) is 3.27. The maximum Gasteiger partial charge on any atom is 0.168 e. The molecule has 0 bridgehead atoms. The average Bonchev–Trinajstić information content (AvgIpc) is 2.46. The van der Waals surface area contributed by atoms with Crippen LogP contribution >= 0.6 is 0 Å². The van der Waals surface area contributed by atoms with Crippen LogP contribution in [0.3, 0.4) is 0 Å². The van der Waals surface area contributed by atoms with E-state index in [1.807, 2.05) is 0 Å². The van der Waals surface area contributed by atoms with Crippen molar-refractivity contribution in [3.8, 4) is 11.5 Å². The third-order valence-electron chi connectivity index (χ3n) is 3.53. The largest absolute Gasteiger partial charge is 0.493 e. The molecule has 6 heteroatoms. The highest BCUT2D eigenvalue weighted by Gasteiger charge is 2.21. The number of methoxy groups -OCH3 is 2. The third kappa shape index (κ3) is 3.19. The molecule has 20 heavy (non-hydrogen) atoms. The first kappa shape index (κ1) is 15.0. The molecule has 1 aromatic rings. The van der Waals surface area contributed by atoms with Crippen molar-refractivity contribution in [2.75, 3.05) is 46.9 Å². The summed E-state index contributed by atoms with van der Waals surface area (Å²) >= 11 is 0. The van der Waals surface area contributed by atoms with Crippen LogP contribution < -0.4 is 14.8 Å². The number of nitrogens with zero attached hydrogens (tertiary/aromatic N) is 1. The molecule has 2 rings (SSSR count). The Hall–Kier alpha value is -1.40. The molecule has 0 atom stereocenters. The van der Waals surface area contributed by atoms with Gasteiger partial charge in [0.25, 0.3) is 0 Å². The van der Waals surface area contributed by atoms with Crippen LogP contribution in [0, 0.1) is 11.6 Å². The van der Waals surface area contributed by atoms with Crippen LogP contribution in [-0.2, 0) is 6.42 Å². The number of halogens is 2. The fourth-order valence-corrected chi connectivity index (χ4v) is 2.51.